The number of nitrogens with zero attached hydrogens (tertiary/aromatic N) is 5. The Kier molecular flexibility index (Phi) is 4.00. The van der Waals surface area contributed by atoms with Gasteiger partial charge in [0.05, 0.1) is 6.20 Å². The molecule has 1 aliphatic heterocycles. The maximum absolute atomic E-state index is 12.6. The Morgan fingerprint density at radius 2 is 2.29 bits per heavy atom. The van der Waals surface area contributed by atoms with E-state index in [4.69, 9.17) is 11.6 Å². The van der Waals surface area contributed by atoms with Crippen molar-refractivity contribution in [3.05, 3.63) is 22.8 Å². The molecule has 1 fully saturated rings. The summed E-state index contributed by atoms with van der Waals surface area (Å²) in [6.45, 7) is 0.913. The van der Waals surface area contributed by atoms with Crippen LogP contribution >= 0.6 is 22.9 Å². The van der Waals surface area contributed by atoms with E-state index in [9.17, 15) is 8.42 Å². The average molecular weight is 348 g/mol. The van der Waals surface area contributed by atoms with Crippen LogP contribution in [0.2, 0.25) is 4.47 Å². The smallest absolute Gasteiger partial charge is 0.254 e. The van der Waals surface area contributed by atoms with Gasteiger partial charge in [0.15, 0.2) is 8.68 Å². The SMILES string of the molecule is Cn1cnnc1C1CCCN(S(=O)(=O)c2cnc(Cl)s2)C1. The third-order valence-electron chi connectivity index (χ3n) is 3.55. The van der Waals surface area contributed by atoms with Gasteiger partial charge in [-0.25, -0.2) is 13.4 Å². The number of aryl methyl sites for hydroxylation is 1. The normalized spacial score (nSPS) is 20.8. The zero-order valence-corrected chi connectivity index (χ0v) is 13.7. The van der Waals surface area contributed by atoms with Gasteiger partial charge in [-0.1, -0.05) is 22.9 Å². The van der Waals surface area contributed by atoms with Crippen LogP contribution in [0, 0.1) is 0 Å². The van der Waals surface area contributed by atoms with Crippen molar-refractivity contribution in [2.45, 2.75) is 23.0 Å². The highest BCUT2D eigenvalue weighted by atomic mass is 35.5. The molecule has 10 heteroatoms. The lowest BCUT2D eigenvalue weighted by atomic mass is 9.99. The zero-order valence-electron chi connectivity index (χ0n) is 11.3. The lowest BCUT2D eigenvalue weighted by Crippen LogP contribution is -2.39. The van der Waals surface area contributed by atoms with E-state index in [1.54, 1.807) is 6.33 Å². The Morgan fingerprint density at radius 1 is 1.48 bits per heavy atom. The summed E-state index contributed by atoms with van der Waals surface area (Å²) in [6.07, 6.45) is 4.64. The van der Waals surface area contributed by atoms with Crippen molar-refractivity contribution in [1.82, 2.24) is 24.1 Å². The van der Waals surface area contributed by atoms with Gasteiger partial charge in [-0.2, -0.15) is 4.31 Å². The van der Waals surface area contributed by atoms with Crippen LogP contribution < -0.4 is 0 Å². The number of thiazole rings is 1. The molecular formula is C11H14ClN5O2S2. The fourth-order valence-corrected chi connectivity index (χ4v) is 5.49. The van der Waals surface area contributed by atoms with Gasteiger partial charge in [0.1, 0.15) is 12.2 Å². The van der Waals surface area contributed by atoms with E-state index in [2.05, 4.69) is 15.2 Å². The summed E-state index contributed by atoms with van der Waals surface area (Å²) in [4.78, 5) is 3.81. The van der Waals surface area contributed by atoms with E-state index in [-0.39, 0.29) is 14.6 Å². The Balaban J connectivity index is 1.85. The predicted molar refractivity (Wildman–Crippen MR) is 78.9 cm³/mol. The molecule has 7 nitrogen and oxygen atoms in total. The molecule has 1 saturated heterocycles. The van der Waals surface area contributed by atoms with Crippen LogP contribution in [0.25, 0.3) is 0 Å². The second-order valence-corrected chi connectivity index (χ2v) is 8.71. The quantitative estimate of drug-likeness (QED) is 0.840. The van der Waals surface area contributed by atoms with E-state index in [1.807, 2.05) is 11.6 Å². The van der Waals surface area contributed by atoms with Gasteiger partial charge < -0.3 is 4.57 Å². The molecule has 1 unspecified atom stereocenters. The summed E-state index contributed by atoms with van der Waals surface area (Å²) in [7, 11) is -1.66. The van der Waals surface area contributed by atoms with Gasteiger partial charge in [-0.05, 0) is 12.8 Å². The number of hydrogen-bond donors (Lipinski definition) is 0. The van der Waals surface area contributed by atoms with Crippen molar-refractivity contribution < 1.29 is 8.42 Å². The molecule has 1 atom stereocenters. The highest BCUT2D eigenvalue weighted by Gasteiger charge is 2.33. The van der Waals surface area contributed by atoms with Crippen LogP contribution in [-0.4, -0.2) is 45.6 Å². The van der Waals surface area contributed by atoms with Gasteiger partial charge in [0.2, 0.25) is 0 Å². The van der Waals surface area contributed by atoms with Crippen molar-refractivity contribution >= 4 is 33.0 Å². The molecule has 2 aromatic heterocycles. The molecule has 0 amide bonds. The molecule has 114 valence electrons. The molecule has 21 heavy (non-hydrogen) atoms. The second kappa shape index (κ2) is 5.64. The minimum Gasteiger partial charge on any atom is -0.320 e. The average Bonchev–Trinajstić information content (AvgIpc) is 3.08. The van der Waals surface area contributed by atoms with Crippen LogP contribution in [0.5, 0.6) is 0 Å². The summed E-state index contributed by atoms with van der Waals surface area (Å²) >= 11 is 6.72. The Labute approximate surface area is 131 Å². The largest absolute Gasteiger partial charge is 0.320 e. The Hall–Kier alpha value is -1.03. The standard InChI is InChI=1S/C11H14ClN5O2S2/c1-16-7-14-15-10(16)8-3-2-4-17(6-8)21(18,19)9-5-13-11(12)20-9/h5,7-8H,2-4,6H2,1H3. The molecule has 0 spiro atoms. The number of piperidine rings is 1. The molecule has 1 aliphatic rings. The fraction of sp³-hybridized carbons (Fsp3) is 0.545. The third kappa shape index (κ3) is 2.83. The topological polar surface area (TPSA) is 81.0 Å². The zero-order chi connectivity index (χ0) is 15.0. The summed E-state index contributed by atoms with van der Waals surface area (Å²) < 4.78 is 28.9. The van der Waals surface area contributed by atoms with E-state index in [0.717, 1.165) is 30.0 Å². The maximum atomic E-state index is 12.6. The van der Waals surface area contributed by atoms with Gasteiger partial charge in [0, 0.05) is 26.1 Å². The third-order valence-corrected chi connectivity index (χ3v) is 6.96. The first kappa shape index (κ1) is 14.9. The number of hydrogen-bond acceptors (Lipinski definition) is 6. The molecule has 0 radical (unpaired) electrons. The Morgan fingerprint density at radius 3 is 2.90 bits per heavy atom. The van der Waals surface area contributed by atoms with Crippen LogP contribution in [0.3, 0.4) is 0 Å². The van der Waals surface area contributed by atoms with Crippen molar-refractivity contribution in [2.75, 3.05) is 13.1 Å². The molecule has 0 bridgehead atoms. The second-order valence-electron chi connectivity index (χ2n) is 4.93. The summed E-state index contributed by atoms with van der Waals surface area (Å²) in [6, 6.07) is 0. The Bertz CT molecular complexity index is 741. The van der Waals surface area contributed by atoms with Gasteiger partial charge in [-0.15, -0.1) is 10.2 Å². The molecule has 0 saturated carbocycles. The number of aromatic nitrogens is 4. The highest BCUT2D eigenvalue weighted by Crippen LogP contribution is 2.31. The summed E-state index contributed by atoms with van der Waals surface area (Å²) in [5.41, 5.74) is 0. The fourth-order valence-electron chi connectivity index (χ4n) is 2.52. The van der Waals surface area contributed by atoms with E-state index >= 15 is 0 Å². The molecule has 3 rings (SSSR count). The number of rotatable bonds is 3. The van der Waals surface area contributed by atoms with Gasteiger partial charge >= 0.3 is 0 Å². The van der Waals surface area contributed by atoms with E-state index in [0.29, 0.717) is 13.1 Å². The van der Waals surface area contributed by atoms with Crippen molar-refractivity contribution in [3.8, 4) is 0 Å². The first-order valence-corrected chi connectivity index (χ1v) is 9.07. The van der Waals surface area contributed by atoms with Crippen LogP contribution in [0.4, 0.5) is 0 Å². The monoisotopic (exact) mass is 347 g/mol. The minimum absolute atomic E-state index is 0.0596. The lowest BCUT2D eigenvalue weighted by Gasteiger charge is -2.30. The summed E-state index contributed by atoms with van der Waals surface area (Å²) in [5, 5.41) is 7.96. The van der Waals surface area contributed by atoms with Crippen molar-refractivity contribution in [3.63, 3.8) is 0 Å². The van der Waals surface area contributed by atoms with E-state index < -0.39 is 10.0 Å². The van der Waals surface area contributed by atoms with E-state index in [1.165, 1.54) is 10.5 Å². The van der Waals surface area contributed by atoms with Crippen LogP contribution in [-0.2, 0) is 17.1 Å². The first-order chi connectivity index (χ1) is 9.98. The molecular weight excluding hydrogens is 334 g/mol. The molecule has 0 N–H and O–H groups in total. The minimum atomic E-state index is -3.53. The van der Waals surface area contributed by atoms with Crippen molar-refractivity contribution in [1.29, 1.82) is 0 Å². The van der Waals surface area contributed by atoms with Crippen LogP contribution in [0.15, 0.2) is 16.7 Å². The molecule has 0 aliphatic carbocycles. The lowest BCUT2D eigenvalue weighted by molar-refractivity contribution is 0.306. The number of sulfonamides is 1. The van der Waals surface area contributed by atoms with Crippen LogP contribution in [0.1, 0.15) is 24.6 Å². The molecule has 0 aromatic carbocycles. The molecule has 2 aromatic rings. The highest BCUT2D eigenvalue weighted by molar-refractivity contribution is 7.91. The predicted octanol–water partition coefficient (Wildman–Crippen LogP) is 1.49. The first-order valence-electron chi connectivity index (χ1n) is 6.44. The van der Waals surface area contributed by atoms with Gasteiger partial charge in [-0.3, -0.25) is 0 Å². The van der Waals surface area contributed by atoms with Gasteiger partial charge in [0.25, 0.3) is 10.0 Å². The number of halogens is 1. The molecule has 3 heterocycles. The maximum Gasteiger partial charge on any atom is 0.254 e. The van der Waals surface area contributed by atoms with Crippen molar-refractivity contribution in [2.24, 2.45) is 7.05 Å². The summed E-state index contributed by atoms with van der Waals surface area (Å²) in [5.74, 6) is 0.877.